The lowest BCUT2D eigenvalue weighted by Crippen LogP contribution is -2.26. The number of hydrogen-bond acceptors (Lipinski definition) is 0. The van der Waals surface area contributed by atoms with Gasteiger partial charge in [-0.1, -0.05) is 118 Å². The Morgan fingerprint density at radius 1 is 0.286 bits per heavy atom. The van der Waals surface area contributed by atoms with Gasteiger partial charge in [0.25, 0.3) is 0 Å². The van der Waals surface area contributed by atoms with E-state index in [0.29, 0.717) is 0 Å². The van der Waals surface area contributed by atoms with Crippen LogP contribution in [0.2, 0.25) is 148 Å². The van der Waals surface area contributed by atoms with E-state index in [-0.39, 0.29) is 41.4 Å². The van der Waals surface area contributed by atoms with Crippen molar-refractivity contribution in [2.75, 3.05) is 0 Å². The average Bonchev–Trinajstić information content (AvgIpc) is 3.53. The Labute approximate surface area is 258 Å². The van der Waals surface area contributed by atoms with Crippen molar-refractivity contribution in [3.63, 3.8) is 0 Å². The minimum absolute atomic E-state index is 0.124. The molecule has 0 nitrogen and oxygen atoms in total. The van der Waals surface area contributed by atoms with Gasteiger partial charge in [-0.15, -0.1) is 0 Å². The van der Waals surface area contributed by atoms with Crippen LogP contribution in [0.4, 0.5) is 17.6 Å². The molecule has 0 aliphatic heterocycles. The van der Waals surface area contributed by atoms with Crippen LogP contribution in [0.15, 0.2) is 0 Å². The Bertz CT molecular complexity index is 1280. The van der Waals surface area contributed by atoms with Crippen molar-refractivity contribution in [1.82, 2.24) is 0 Å². The van der Waals surface area contributed by atoms with Gasteiger partial charge in [-0.3, -0.25) is 0 Å². The van der Waals surface area contributed by atoms with E-state index in [1.165, 1.54) is 0 Å². The highest BCUT2D eigenvalue weighted by Crippen LogP contribution is 3.50. The Morgan fingerprint density at radius 2 is 0.405 bits per heavy atom. The molecule has 0 N–H and O–H groups in total. The summed E-state index contributed by atoms with van der Waals surface area (Å²) in [5, 5.41) is -0.745. The number of halogens is 4. The molecule has 9 rings (SSSR count). The molecule has 8 saturated carbocycles. The van der Waals surface area contributed by atoms with E-state index in [4.69, 9.17) is 0 Å². The minimum atomic E-state index is -1.96. The van der Waals surface area contributed by atoms with E-state index in [1.54, 1.807) is 0 Å². The fourth-order valence-corrected chi connectivity index (χ4v) is 58.3. The smallest absolute Gasteiger partial charge is 0.166 e. The zero-order valence-corrected chi connectivity index (χ0v) is 35.5. The molecule has 10 heteroatoms. The van der Waals surface area contributed by atoms with Crippen LogP contribution in [0, 0.1) is 23.3 Å². The molecule has 8 aliphatic carbocycles. The standard InChI is InChI=1S/C32H54F4Si6/c1-37(2,3)27-25(28(27,38(4,5)6)29(25,27)39(7,8)9)19-21(33)23(35)20(24(36)22(19)34)26-30(40(10,11)12)31(26,41(13,14)15)32(26,30)42(16,17)18/h1-18H3. The fraction of sp³-hybridized carbons (Fsp3) is 0.812. The first kappa shape index (κ1) is 30.9. The van der Waals surface area contributed by atoms with Crippen LogP contribution in [-0.2, 0) is 10.8 Å². The molecule has 0 amide bonds. The van der Waals surface area contributed by atoms with Crippen LogP contribution < -0.4 is 0 Å². The van der Waals surface area contributed by atoms with Crippen molar-refractivity contribution in [1.29, 1.82) is 0 Å². The molecule has 0 saturated heterocycles. The lowest BCUT2D eigenvalue weighted by Gasteiger charge is -2.20. The van der Waals surface area contributed by atoms with Crippen molar-refractivity contribution in [2.45, 2.75) is 159 Å². The number of hydrogen-bond donors (Lipinski definition) is 0. The van der Waals surface area contributed by atoms with Crippen LogP contribution in [0.1, 0.15) is 11.1 Å². The SMILES string of the molecule is C[Si](C)(C)C12C3(c4c(F)c(F)c(C56C7([Si](C)(C)C)C5([Si](C)(C)C)C67[Si](C)(C)C)c(F)c4F)C1([Si](C)(C)C)C32[Si](C)(C)C. The third kappa shape index (κ3) is 1.87. The summed E-state index contributed by atoms with van der Waals surface area (Å²) in [4.78, 5) is 0. The molecular formula is C32H54F4Si6. The van der Waals surface area contributed by atoms with Gasteiger partial charge in [-0.2, -0.15) is 0 Å². The monoisotopic (exact) mass is 682 g/mol. The lowest BCUT2D eigenvalue weighted by molar-refractivity contribution is 0.423. The first-order chi connectivity index (χ1) is 18.4. The Hall–Kier alpha value is 0.241. The number of rotatable bonds is 8. The average molecular weight is 683 g/mol. The van der Waals surface area contributed by atoms with Gasteiger partial charge in [0.1, 0.15) is 0 Å². The maximum atomic E-state index is 17.1. The maximum Gasteiger partial charge on any atom is 0.166 e. The van der Waals surface area contributed by atoms with Crippen molar-refractivity contribution in [3.8, 4) is 0 Å². The molecule has 234 valence electrons. The summed E-state index contributed by atoms with van der Waals surface area (Å²) in [6.07, 6.45) is 0. The summed E-state index contributed by atoms with van der Waals surface area (Å²) in [6, 6.07) is 0. The summed E-state index contributed by atoms with van der Waals surface area (Å²) >= 11 is 0. The van der Waals surface area contributed by atoms with Crippen LogP contribution in [0.3, 0.4) is 0 Å². The van der Waals surface area contributed by atoms with Crippen molar-refractivity contribution < 1.29 is 17.6 Å². The maximum absolute atomic E-state index is 17.1. The van der Waals surface area contributed by atoms with Crippen LogP contribution in [0.25, 0.3) is 0 Å². The lowest BCUT2D eigenvalue weighted by atomic mass is 9.99. The second kappa shape index (κ2) is 6.39. The van der Waals surface area contributed by atoms with Gasteiger partial charge in [-0.05, 0) is 30.2 Å². The third-order valence-corrected chi connectivity index (χ3v) is 36.8. The molecule has 0 spiro atoms. The molecule has 0 radical (unpaired) electrons. The van der Waals surface area contributed by atoms with E-state index in [1.807, 2.05) is 0 Å². The van der Waals surface area contributed by atoms with Gasteiger partial charge in [-0.25, -0.2) is 17.6 Å². The van der Waals surface area contributed by atoms with Gasteiger partial charge < -0.3 is 0 Å². The Morgan fingerprint density at radius 3 is 0.500 bits per heavy atom. The number of benzene rings is 1. The minimum Gasteiger partial charge on any atom is -0.203 e. The molecule has 8 fully saturated rings. The highest BCUT2D eigenvalue weighted by atomic mass is 28.3. The summed E-state index contributed by atoms with van der Waals surface area (Å²) in [5.74, 6) is -4.06. The molecule has 42 heavy (non-hydrogen) atoms. The van der Waals surface area contributed by atoms with Gasteiger partial charge in [0, 0.05) is 22.0 Å². The predicted octanol–water partition coefficient (Wildman–Crippen LogP) is 11.3. The van der Waals surface area contributed by atoms with Crippen molar-refractivity contribution in [2.24, 2.45) is 0 Å². The molecule has 0 bridgehead atoms. The zero-order valence-electron chi connectivity index (χ0n) is 29.5. The highest BCUT2D eigenvalue weighted by Gasteiger charge is 3.40. The van der Waals surface area contributed by atoms with Gasteiger partial charge >= 0.3 is 0 Å². The van der Waals surface area contributed by atoms with Gasteiger partial charge in [0.05, 0.1) is 48.4 Å². The highest BCUT2D eigenvalue weighted by molar-refractivity contribution is 7.07. The molecule has 1 aromatic carbocycles. The van der Waals surface area contributed by atoms with E-state index in [2.05, 4.69) is 118 Å². The fourth-order valence-electron chi connectivity index (χ4n) is 16.7. The van der Waals surface area contributed by atoms with E-state index in [0.717, 1.165) is 0 Å². The summed E-state index contributed by atoms with van der Waals surface area (Å²) in [6.45, 7) is 42.1. The molecule has 1 aromatic rings. The normalized spacial score (nSPS) is 47.6. The topological polar surface area (TPSA) is 0 Å². The first-order valence-electron chi connectivity index (χ1n) is 16.3. The third-order valence-electron chi connectivity index (χ3n) is 15.0. The van der Waals surface area contributed by atoms with E-state index < -0.39 is 82.5 Å². The summed E-state index contributed by atoms with van der Waals surface area (Å²) < 4.78 is 68.4. The zero-order chi connectivity index (χ0) is 32.5. The Kier molecular flexibility index (Phi) is 4.70. The predicted molar refractivity (Wildman–Crippen MR) is 186 cm³/mol. The van der Waals surface area contributed by atoms with Crippen LogP contribution in [-0.4, -0.2) is 48.4 Å². The molecule has 0 unspecified atom stereocenters. The van der Waals surface area contributed by atoms with Gasteiger partial charge in [0.2, 0.25) is 0 Å². The summed E-state index contributed by atoms with van der Waals surface area (Å²) in [5.41, 5.74) is -1.71. The van der Waals surface area contributed by atoms with Crippen molar-refractivity contribution >= 4 is 48.4 Å². The van der Waals surface area contributed by atoms with Crippen LogP contribution >= 0.6 is 0 Å². The van der Waals surface area contributed by atoms with Gasteiger partial charge in [0.15, 0.2) is 23.3 Å². The molecule has 0 heterocycles. The summed E-state index contributed by atoms with van der Waals surface area (Å²) in [7, 11) is -11.8. The van der Waals surface area contributed by atoms with Crippen LogP contribution in [0.5, 0.6) is 0 Å². The second-order valence-corrected chi connectivity index (χ2v) is 53.0. The quantitative estimate of drug-likeness (QED) is 0.145. The van der Waals surface area contributed by atoms with Crippen molar-refractivity contribution in [3.05, 3.63) is 34.4 Å². The second-order valence-electron chi connectivity index (χ2n) is 21.5. The van der Waals surface area contributed by atoms with E-state index in [9.17, 15) is 0 Å². The molecule has 8 aliphatic rings. The first-order valence-corrected chi connectivity index (χ1v) is 37.3. The molecular weight excluding hydrogens is 629 g/mol. The molecule has 0 atom stereocenters. The Balaban J connectivity index is 1.51. The molecule has 0 aromatic heterocycles. The van der Waals surface area contributed by atoms with E-state index >= 15 is 17.6 Å². The largest absolute Gasteiger partial charge is 0.203 e.